The van der Waals surface area contributed by atoms with Crippen molar-refractivity contribution in [2.75, 3.05) is 18.5 Å². The molecular formula is C25H23F2N5O. The topological polar surface area (TPSA) is 63.1 Å². The number of benzene rings is 2. The van der Waals surface area contributed by atoms with Gasteiger partial charge in [0, 0.05) is 48.2 Å². The molecule has 0 atom stereocenters. The van der Waals surface area contributed by atoms with Crippen LogP contribution in [0.5, 0.6) is 0 Å². The Morgan fingerprint density at radius 2 is 2.06 bits per heavy atom. The van der Waals surface area contributed by atoms with Crippen molar-refractivity contribution in [3.8, 4) is 11.1 Å². The Morgan fingerprint density at radius 3 is 2.88 bits per heavy atom. The van der Waals surface area contributed by atoms with Crippen molar-refractivity contribution in [3.63, 3.8) is 0 Å². The zero-order chi connectivity index (χ0) is 22.9. The van der Waals surface area contributed by atoms with Crippen LogP contribution in [0.1, 0.15) is 24.0 Å². The zero-order valence-corrected chi connectivity index (χ0v) is 18.1. The van der Waals surface area contributed by atoms with Gasteiger partial charge < -0.3 is 10.2 Å². The maximum Gasteiger partial charge on any atom is 0.264 e. The minimum Gasteiger partial charge on any atom is -0.358 e. The van der Waals surface area contributed by atoms with Crippen LogP contribution in [-0.2, 0) is 17.8 Å². The normalized spacial score (nSPS) is 13.4. The number of likely N-dealkylation sites (N-methyl/N-ethyl adjacent to an activating group) is 1. The van der Waals surface area contributed by atoms with Gasteiger partial charge in [0.15, 0.2) is 0 Å². The highest BCUT2D eigenvalue weighted by Crippen LogP contribution is 2.42. The molecule has 8 heteroatoms. The highest BCUT2D eigenvalue weighted by Gasteiger charge is 2.26. The Balaban J connectivity index is 1.60. The van der Waals surface area contributed by atoms with Gasteiger partial charge in [-0.1, -0.05) is 24.3 Å². The summed E-state index contributed by atoms with van der Waals surface area (Å²) in [5, 5.41) is 8.77. The Labute approximate surface area is 189 Å². The summed E-state index contributed by atoms with van der Waals surface area (Å²) < 4.78 is 29.9. The van der Waals surface area contributed by atoms with Gasteiger partial charge in [0.25, 0.3) is 6.43 Å². The number of hydrogen-bond acceptors (Lipinski definition) is 4. The smallest absolute Gasteiger partial charge is 0.264 e. The van der Waals surface area contributed by atoms with Crippen molar-refractivity contribution in [3.05, 3.63) is 72.2 Å². The van der Waals surface area contributed by atoms with E-state index in [1.165, 1.54) is 10.9 Å². The van der Waals surface area contributed by atoms with E-state index >= 15 is 0 Å². The van der Waals surface area contributed by atoms with Crippen LogP contribution in [0, 0.1) is 0 Å². The first-order chi connectivity index (χ1) is 16.0. The summed E-state index contributed by atoms with van der Waals surface area (Å²) in [7, 11) is 1.54. The van der Waals surface area contributed by atoms with E-state index in [4.69, 9.17) is 0 Å². The molecule has 4 aromatic rings. The molecule has 1 aliphatic rings. The maximum atomic E-state index is 14.2. The molecular weight excluding hydrogens is 424 g/mol. The number of fused-ring (bicyclic) bond motifs is 2. The Morgan fingerprint density at radius 1 is 1.21 bits per heavy atom. The van der Waals surface area contributed by atoms with E-state index in [2.05, 4.69) is 15.4 Å². The van der Waals surface area contributed by atoms with E-state index in [0.29, 0.717) is 17.7 Å². The lowest BCUT2D eigenvalue weighted by Gasteiger charge is -2.32. The van der Waals surface area contributed by atoms with Gasteiger partial charge in [0.2, 0.25) is 5.91 Å². The van der Waals surface area contributed by atoms with Gasteiger partial charge in [0.05, 0.1) is 6.20 Å². The first-order valence-corrected chi connectivity index (χ1v) is 10.8. The molecule has 1 amide bonds. The summed E-state index contributed by atoms with van der Waals surface area (Å²) in [5.74, 6) is 0.572. The second-order valence-electron chi connectivity index (χ2n) is 8.08. The van der Waals surface area contributed by atoms with E-state index in [1.807, 2.05) is 41.3 Å². The molecule has 0 fully saturated rings. The Kier molecular flexibility index (Phi) is 5.50. The quantitative estimate of drug-likeness (QED) is 0.474. The predicted molar refractivity (Wildman–Crippen MR) is 124 cm³/mol. The molecule has 168 valence electrons. The van der Waals surface area contributed by atoms with Crippen molar-refractivity contribution >= 4 is 28.2 Å². The average Bonchev–Trinajstić information content (AvgIpc) is 3.30. The number of pyridine rings is 1. The number of halogens is 2. The van der Waals surface area contributed by atoms with Crippen molar-refractivity contribution in [2.45, 2.75) is 25.8 Å². The SMILES string of the molecule is CNC(=O)Cn1cc(-c2cc3c(cc2C(F)F)N(c2nccc4ccccc24)CCC3)cn1. The first-order valence-electron chi connectivity index (χ1n) is 10.8. The van der Waals surface area contributed by atoms with Crippen molar-refractivity contribution in [1.29, 1.82) is 0 Å². The van der Waals surface area contributed by atoms with E-state index in [0.717, 1.165) is 40.7 Å². The fourth-order valence-electron chi connectivity index (χ4n) is 4.43. The number of anilines is 2. The second kappa shape index (κ2) is 8.61. The molecule has 2 aromatic carbocycles. The minimum absolute atomic E-state index is 0.0337. The molecule has 0 spiro atoms. The van der Waals surface area contributed by atoms with Gasteiger partial charge in [-0.2, -0.15) is 5.10 Å². The van der Waals surface area contributed by atoms with Crippen LogP contribution in [0.2, 0.25) is 0 Å². The molecule has 0 radical (unpaired) electrons. The molecule has 3 heterocycles. The number of aryl methyl sites for hydroxylation is 1. The summed E-state index contributed by atoms with van der Waals surface area (Å²) in [5.41, 5.74) is 2.72. The summed E-state index contributed by atoms with van der Waals surface area (Å²) in [6, 6.07) is 13.4. The summed E-state index contributed by atoms with van der Waals surface area (Å²) in [6.07, 6.45) is 3.95. The average molecular weight is 447 g/mol. The van der Waals surface area contributed by atoms with Gasteiger partial charge in [-0.25, -0.2) is 13.8 Å². The third-order valence-electron chi connectivity index (χ3n) is 6.04. The van der Waals surface area contributed by atoms with Crippen LogP contribution in [0.25, 0.3) is 21.9 Å². The van der Waals surface area contributed by atoms with Gasteiger partial charge >= 0.3 is 0 Å². The third kappa shape index (κ3) is 3.92. The van der Waals surface area contributed by atoms with Crippen LogP contribution in [0.3, 0.4) is 0 Å². The number of hydrogen-bond donors (Lipinski definition) is 1. The second-order valence-corrected chi connectivity index (χ2v) is 8.08. The molecule has 0 saturated heterocycles. The number of carbonyl (C=O) groups excluding carboxylic acids is 1. The van der Waals surface area contributed by atoms with E-state index < -0.39 is 6.43 Å². The maximum absolute atomic E-state index is 14.2. The standard InChI is InChI=1S/C25H23F2N5O/c1-28-23(33)15-31-14-18(13-30-31)20-11-17-6-4-10-32(22(17)12-21(20)24(26)27)25-19-7-3-2-5-16(19)8-9-29-25/h2-3,5,7-9,11-14,24H,4,6,10,15H2,1H3,(H,28,33). The number of amides is 1. The van der Waals surface area contributed by atoms with E-state index in [1.54, 1.807) is 25.5 Å². The molecule has 1 aliphatic heterocycles. The van der Waals surface area contributed by atoms with Crippen LogP contribution in [0.15, 0.2) is 61.1 Å². The van der Waals surface area contributed by atoms with Crippen LogP contribution < -0.4 is 10.2 Å². The zero-order valence-electron chi connectivity index (χ0n) is 18.1. The number of alkyl halides is 2. The van der Waals surface area contributed by atoms with Gasteiger partial charge in [-0.3, -0.25) is 9.48 Å². The summed E-state index contributed by atoms with van der Waals surface area (Å²) >= 11 is 0. The largest absolute Gasteiger partial charge is 0.358 e. The monoisotopic (exact) mass is 447 g/mol. The molecule has 0 saturated carbocycles. The number of nitrogens with zero attached hydrogens (tertiary/aromatic N) is 4. The highest BCUT2D eigenvalue weighted by atomic mass is 19.3. The number of aromatic nitrogens is 3. The Hall–Kier alpha value is -3.81. The van der Waals surface area contributed by atoms with Crippen LogP contribution >= 0.6 is 0 Å². The van der Waals surface area contributed by atoms with E-state index in [-0.39, 0.29) is 18.0 Å². The fraction of sp³-hybridized carbons (Fsp3) is 0.240. The van der Waals surface area contributed by atoms with Gasteiger partial charge in [0.1, 0.15) is 12.4 Å². The lowest BCUT2D eigenvalue weighted by molar-refractivity contribution is -0.121. The molecule has 1 N–H and O–H groups in total. The van der Waals surface area contributed by atoms with Crippen LogP contribution in [0.4, 0.5) is 20.3 Å². The molecule has 5 rings (SSSR count). The number of carbonyl (C=O) groups is 1. The molecule has 0 bridgehead atoms. The number of nitrogens with one attached hydrogen (secondary N) is 1. The van der Waals surface area contributed by atoms with Crippen molar-refractivity contribution in [2.24, 2.45) is 0 Å². The van der Waals surface area contributed by atoms with Crippen molar-refractivity contribution in [1.82, 2.24) is 20.1 Å². The molecule has 2 aromatic heterocycles. The van der Waals surface area contributed by atoms with Crippen LogP contribution in [-0.4, -0.2) is 34.3 Å². The summed E-state index contributed by atoms with van der Waals surface area (Å²) in [6.45, 7) is 0.742. The highest BCUT2D eigenvalue weighted by molar-refractivity contribution is 5.94. The molecule has 33 heavy (non-hydrogen) atoms. The Bertz CT molecular complexity index is 1330. The predicted octanol–water partition coefficient (Wildman–Crippen LogP) is 4.87. The lowest BCUT2D eigenvalue weighted by atomic mass is 9.93. The van der Waals surface area contributed by atoms with Gasteiger partial charge in [-0.15, -0.1) is 0 Å². The molecule has 6 nitrogen and oxygen atoms in total. The van der Waals surface area contributed by atoms with Gasteiger partial charge in [-0.05, 0) is 47.6 Å². The molecule has 0 aliphatic carbocycles. The fourth-order valence-corrected chi connectivity index (χ4v) is 4.43. The first kappa shape index (κ1) is 21.1. The molecule has 0 unspecified atom stereocenters. The van der Waals surface area contributed by atoms with E-state index in [9.17, 15) is 13.6 Å². The number of rotatable bonds is 5. The summed E-state index contributed by atoms with van der Waals surface area (Å²) in [4.78, 5) is 18.3. The van der Waals surface area contributed by atoms with Crippen molar-refractivity contribution < 1.29 is 13.6 Å². The lowest BCUT2D eigenvalue weighted by Crippen LogP contribution is -2.26. The minimum atomic E-state index is -2.66. The third-order valence-corrected chi connectivity index (χ3v) is 6.04.